The highest BCUT2D eigenvalue weighted by Gasteiger charge is 2.17. The summed E-state index contributed by atoms with van der Waals surface area (Å²) in [6, 6.07) is 3.59. The molecule has 3 N–H and O–H groups in total. The monoisotopic (exact) mass is 213 g/mol. The molecule has 0 aliphatic rings. The highest BCUT2D eigenvalue weighted by atomic mass is 35.5. The molecule has 0 radical (unpaired) electrons. The van der Waals surface area contributed by atoms with Crippen molar-refractivity contribution in [2.75, 3.05) is 0 Å². The van der Waals surface area contributed by atoms with E-state index in [0.717, 1.165) is 11.1 Å². The number of hydrogen-bond acceptors (Lipinski definition) is 2. The van der Waals surface area contributed by atoms with Crippen molar-refractivity contribution in [3.63, 3.8) is 0 Å². The standard InChI is InChI=1S/C11H16ClNO/c1-7-4-5-9(12)10(14)8(7)6-11(2,3)13/h4-5,14H,6,13H2,1-3H3. The van der Waals surface area contributed by atoms with Gasteiger partial charge in [0.05, 0.1) is 5.02 Å². The SMILES string of the molecule is Cc1ccc(Cl)c(O)c1CC(C)(C)N. The van der Waals surface area contributed by atoms with Gasteiger partial charge in [-0.1, -0.05) is 17.7 Å². The normalized spacial score (nSPS) is 11.8. The molecule has 1 rings (SSSR count). The van der Waals surface area contributed by atoms with Gasteiger partial charge in [0, 0.05) is 11.1 Å². The first-order valence-corrected chi connectivity index (χ1v) is 4.95. The van der Waals surface area contributed by atoms with Crippen molar-refractivity contribution in [2.45, 2.75) is 32.7 Å². The van der Waals surface area contributed by atoms with Crippen LogP contribution in [0.4, 0.5) is 0 Å². The maximum Gasteiger partial charge on any atom is 0.137 e. The van der Waals surface area contributed by atoms with Crippen LogP contribution in [0.15, 0.2) is 12.1 Å². The van der Waals surface area contributed by atoms with Gasteiger partial charge in [0.25, 0.3) is 0 Å². The van der Waals surface area contributed by atoms with Crippen molar-refractivity contribution in [1.29, 1.82) is 0 Å². The number of nitrogens with two attached hydrogens (primary N) is 1. The van der Waals surface area contributed by atoms with Crippen LogP contribution >= 0.6 is 11.6 Å². The summed E-state index contributed by atoms with van der Waals surface area (Å²) in [4.78, 5) is 0. The van der Waals surface area contributed by atoms with Crippen LogP contribution in [0.5, 0.6) is 5.75 Å². The van der Waals surface area contributed by atoms with Gasteiger partial charge in [-0.15, -0.1) is 0 Å². The molecule has 78 valence electrons. The second-order valence-electron chi connectivity index (χ2n) is 4.36. The van der Waals surface area contributed by atoms with Crippen LogP contribution in [-0.4, -0.2) is 10.6 Å². The molecule has 0 atom stereocenters. The summed E-state index contributed by atoms with van der Waals surface area (Å²) in [5.74, 6) is 0.158. The van der Waals surface area contributed by atoms with Crippen molar-refractivity contribution >= 4 is 11.6 Å². The maximum atomic E-state index is 9.75. The Balaban J connectivity index is 3.13. The van der Waals surface area contributed by atoms with E-state index >= 15 is 0 Å². The van der Waals surface area contributed by atoms with Gasteiger partial charge in [-0.05, 0) is 38.8 Å². The quantitative estimate of drug-likeness (QED) is 0.794. The van der Waals surface area contributed by atoms with Crippen LogP contribution in [-0.2, 0) is 6.42 Å². The Labute approximate surface area is 89.7 Å². The molecule has 3 heteroatoms. The Hall–Kier alpha value is -0.730. The lowest BCUT2D eigenvalue weighted by Crippen LogP contribution is -2.34. The molecule has 0 amide bonds. The second kappa shape index (κ2) is 3.79. The summed E-state index contributed by atoms with van der Waals surface area (Å²) in [7, 11) is 0. The molecule has 2 nitrogen and oxygen atoms in total. The molecular weight excluding hydrogens is 198 g/mol. The molecule has 0 fully saturated rings. The molecule has 0 aliphatic carbocycles. The minimum Gasteiger partial charge on any atom is -0.506 e. The third-order valence-electron chi connectivity index (χ3n) is 2.10. The number of hydrogen-bond donors (Lipinski definition) is 2. The molecule has 0 unspecified atom stereocenters. The largest absolute Gasteiger partial charge is 0.506 e. The van der Waals surface area contributed by atoms with Crippen molar-refractivity contribution in [3.8, 4) is 5.75 Å². The minimum absolute atomic E-state index is 0.158. The zero-order valence-corrected chi connectivity index (χ0v) is 9.52. The fourth-order valence-corrected chi connectivity index (χ4v) is 1.56. The van der Waals surface area contributed by atoms with Crippen LogP contribution < -0.4 is 5.73 Å². The molecule has 0 aromatic heterocycles. The van der Waals surface area contributed by atoms with Gasteiger partial charge in [0.15, 0.2) is 0 Å². The first-order chi connectivity index (χ1) is 6.31. The van der Waals surface area contributed by atoms with E-state index in [2.05, 4.69) is 0 Å². The van der Waals surface area contributed by atoms with E-state index < -0.39 is 0 Å². The number of benzene rings is 1. The summed E-state index contributed by atoms with van der Waals surface area (Å²) in [5, 5.41) is 10.1. The van der Waals surface area contributed by atoms with Crippen LogP contribution in [0.3, 0.4) is 0 Å². The lowest BCUT2D eigenvalue weighted by Gasteiger charge is -2.20. The Bertz CT molecular complexity index is 342. The minimum atomic E-state index is -0.340. The zero-order valence-electron chi connectivity index (χ0n) is 8.76. The van der Waals surface area contributed by atoms with Gasteiger partial charge in [0.2, 0.25) is 0 Å². The number of halogens is 1. The molecule has 0 saturated heterocycles. The Morgan fingerprint density at radius 3 is 2.50 bits per heavy atom. The van der Waals surface area contributed by atoms with Crippen LogP contribution in [0.2, 0.25) is 5.02 Å². The van der Waals surface area contributed by atoms with E-state index in [9.17, 15) is 5.11 Å². The van der Waals surface area contributed by atoms with Crippen molar-refractivity contribution in [1.82, 2.24) is 0 Å². The molecule has 0 heterocycles. The predicted octanol–water partition coefficient (Wildman–Crippen LogP) is 2.63. The number of phenols is 1. The average molecular weight is 214 g/mol. The van der Waals surface area contributed by atoms with Crippen LogP contribution in [0, 0.1) is 6.92 Å². The fourth-order valence-electron chi connectivity index (χ4n) is 1.39. The molecular formula is C11H16ClNO. The molecule has 0 spiro atoms. The van der Waals surface area contributed by atoms with E-state index in [1.54, 1.807) is 6.07 Å². The average Bonchev–Trinajstić information content (AvgIpc) is 2.04. The first-order valence-electron chi connectivity index (χ1n) is 4.57. The lowest BCUT2D eigenvalue weighted by atomic mass is 9.93. The number of rotatable bonds is 2. The highest BCUT2D eigenvalue weighted by Crippen LogP contribution is 2.31. The Kier molecular flexibility index (Phi) is 3.07. The molecule has 0 bridgehead atoms. The summed E-state index contributed by atoms with van der Waals surface area (Å²) in [6.07, 6.45) is 0.616. The van der Waals surface area contributed by atoms with E-state index in [-0.39, 0.29) is 11.3 Å². The van der Waals surface area contributed by atoms with Crippen molar-refractivity contribution < 1.29 is 5.11 Å². The number of aromatic hydroxyl groups is 1. The van der Waals surface area contributed by atoms with Gasteiger partial charge in [-0.25, -0.2) is 0 Å². The van der Waals surface area contributed by atoms with Gasteiger partial charge in [-0.2, -0.15) is 0 Å². The fraction of sp³-hybridized carbons (Fsp3) is 0.455. The molecule has 0 saturated carbocycles. The van der Waals surface area contributed by atoms with Crippen molar-refractivity contribution in [2.24, 2.45) is 5.73 Å². The third kappa shape index (κ3) is 2.63. The molecule has 1 aromatic rings. The van der Waals surface area contributed by atoms with Gasteiger partial charge in [-0.3, -0.25) is 0 Å². The summed E-state index contributed by atoms with van der Waals surface area (Å²) >= 11 is 5.82. The van der Waals surface area contributed by atoms with E-state index in [0.29, 0.717) is 11.4 Å². The van der Waals surface area contributed by atoms with Crippen LogP contribution in [0.1, 0.15) is 25.0 Å². The highest BCUT2D eigenvalue weighted by molar-refractivity contribution is 6.32. The maximum absolute atomic E-state index is 9.75. The topological polar surface area (TPSA) is 46.2 Å². The summed E-state index contributed by atoms with van der Waals surface area (Å²) in [6.45, 7) is 5.79. The molecule has 14 heavy (non-hydrogen) atoms. The van der Waals surface area contributed by atoms with Gasteiger partial charge in [0.1, 0.15) is 5.75 Å². The smallest absolute Gasteiger partial charge is 0.137 e. The first kappa shape index (κ1) is 11.3. The van der Waals surface area contributed by atoms with Gasteiger partial charge >= 0.3 is 0 Å². The second-order valence-corrected chi connectivity index (χ2v) is 4.76. The summed E-state index contributed by atoms with van der Waals surface area (Å²) in [5.41, 5.74) is 7.42. The Morgan fingerprint density at radius 2 is 2.00 bits per heavy atom. The van der Waals surface area contributed by atoms with Crippen LogP contribution in [0.25, 0.3) is 0 Å². The predicted molar refractivity (Wildman–Crippen MR) is 59.8 cm³/mol. The van der Waals surface area contributed by atoms with E-state index in [1.165, 1.54) is 0 Å². The summed E-state index contributed by atoms with van der Waals surface area (Å²) < 4.78 is 0. The molecule has 1 aromatic carbocycles. The van der Waals surface area contributed by atoms with E-state index in [4.69, 9.17) is 17.3 Å². The zero-order chi connectivity index (χ0) is 10.9. The number of phenolic OH excluding ortho intramolecular Hbond substituents is 1. The molecule has 0 aliphatic heterocycles. The van der Waals surface area contributed by atoms with E-state index in [1.807, 2.05) is 26.8 Å². The number of aryl methyl sites for hydroxylation is 1. The van der Waals surface area contributed by atoms with Crippen molar-refractivity contribution in [3.05, 3.63) is 28.3 Å². The lowest BCUT2D eigenvalue weighted by molar-refractivity contribution is 0.449. The van der Waals surface area contributed by atoms with Gasteiger partial charge < -0.3 is 10.8 Å². The Morgan fingerprint density at radius 1 is 1.43 bits per heavy atom. The third-order valence-corrected chi connectivity index (χ3v) is 2.41.